The minimum absolute atomic E-state index is 0.0603. The fraction of sp³-hybridized carbons (Fsp3) is 0.588. The molecule has 1 aliphatic heterocycles. The third kappa shape index (κ3) is 4.90. The minimum atomic E-state index is -0.0603. The highest BCUT2D eigenvalue weighted by molar-refractivity contribution is 5.89. The molecule has 1 atom stereocenters. The number of morpholine rings is 1. The number of nitrogens with one attached hydrogen (secondary N) is 1. The van der Waals surface area contributed by atoms with Crippen molar-refractivity contribution in [2.24, 2.45) is 0 Å². The molecule has 3 heterocycles. The van der Waals surface area contributed by atoms with E-state index < -0.39 is 0 Å². The Morgan fingerprint density at radius 3 is 2.88 bits per heavy atom. The maximum absolute atomic E-state index is 12.0. The van der Waals surface area contributed by atoms with E-state index in [0.717, 1.165) is 31.0 Å². The Hall–Kier alpha value is -2.19. The minimum Gasteiger partial charge on any atom is -0.374 e. The molecule has 8 heteroatoms. The molecule has 0 radical (unpaired) electrons. The third-order valence-corrected chi connectivity index (χ3v) is 4.25. The van der Waals surface area contributed by atoms with Gasteiger partial charge in [-0.2, -0.15) is 5.10 Å². The first-order valence-corrected chi connectivity index (χ1v) is 8.58. The Bertz CT molecular complexity index is 724. The van der Waals surface area contributed by atoms with Crippen LogP contribution in [0.2, 0.25) is 0 Å². The normalized spacial score (nSPS) is 18.4. The molecule has 1 N–H and O–H groups in total. The summed E-state index contributed by atoms with van der Waals surface area (Å²) in [4.78, 5) is 14.3. The second kappa shape index (κ2) is 7.79. The van der Waals surface area contributed by atoms with E-state index in [4.69, 9.17) is 9.26 Å². The van der Waals surface area contributed by atoms with Crippen molar-refractivity contribution in [3.63, 3.8) is 0 Å². The first kappa shape index (κ1) is 17.6. The van der Waals surface area contributed by atoms with E-state index in [1.807, 2.05) is 11.6 Å². The number of rotatable bonds is 6. The Labute approximate surface area is 147 Å². The van der Waals surface area contributed by atoms with Gasteiger partial charge in [0.05, 0.1) is 24.9 Å². The lowest BCUT2D eigenvalue weighted by Crippen LogP contribution is -2.45. The summed E-state index contributed by atoms with van der Waals surface area (Å²) in [5.74, 6) is 1.08. The summed E-state index contributed by atoms with van der Waals surface area (Å²) in [5, 5.41) is 11.0. The van der Waals surface area contributed by atoms with Gasteiger partial charge in [-0.1, -0.05) is 5.16 Å². The number of nitrogens with zero attached hydrogens (tertiary/aromatic N) is 4. The van der Waals surface area contributed by atoms with Gasteiger partial charge in [-0.05, 0) is 26.8 Å². The highest BCUT2D eigenvalue weighted by atomic mass is 16.5. The fourth-order valence-electron chi connectivity index (χ4n) is 3.04. The van der Waals surface area contributed by atoms with Crippen LogP contribution in [0.25, 0.3) is 0 Å². The molecule has 0 saturated carbocycles. The smallest absolute Gasteiger partial charge is 0.226 e. The quantitative estimate of drug-likeness (QED) is 0.853. The number of aryl methyl sites for hydroxylation is 3. The topological polar surface area (TPSA) is 85.4 Å². The molecular formula is C17H25N5O3. The summed E-state index contributed by atoms with van der Waals surface area (Å²) >= 11 is 0. The predicted molar refractivity (Wildman–Crippen MR) is 92.4 cm³/mol. The van der Waals surface area contributed by atoms with Crippen LogP contribution in [0.4, 0.5) is 5.82 Å². The first-order chi connectivity index (χ1) is 12.0. The van der Waals surface area contributed by atoms with Crippen molar-refractivity contribution < 1.29 is 14.1 Å². The van der Waals surface area contributed by atoms with Gasteiger partial charge >= 0.3 is 0 Å². The molecule has 0 aliphatic carbocycles. The largest absolute Gasteiger partial charge is 0.374 e. The summed E-state index contributed by atoms with van der Waals surface area (Å²) in [6.07, 6.45) is 0.506. The van der Waals surface area contributed by atoms with Crippen LogP contribution in [0.5, 0.6) is 0 Å². The van der Waals surface area contributed by atoms with E-state index in [9.17, 15) is 4.79 Å². The first-order valence-electron chi connectivity index (χ1n) is 8.58. The molecular weight excluding hydrogens is 322 g/mol. The summed E-state index contributed by atoms with van der Waals surface area (Å²) in [6.45, 7) is 9.58. The van der Waals surface area contributed by atoms with E-state index in [0.29, 0.717) is 31.2 Å². The highest BCUT2D eigenvalue weighted by Crippen LogP contribution is 2.11. The van der Waals surface area contributed by atoms with Crippen LogP contribution < -0.4 is 5.32 Å². The van der Waals surface area contributed by atoms with Gasteiger partial charge in [-0.25, -0.2) is 0 Å². The van der Waals surface area contributed by atoms with E-state index in [2.05, 4.69) is 33.5 Å². The number of aromatic nitrogens is 3. The predicted octanol–water partition coefficient (Wildman–Crippen LogP) is 1.53. The number of hydrogen-bond donors (Lipinski definition) is 1. The number of carbonyl (C=O) groups excluding carboxylic acids is 1. The lowest BCUT2D eigenvalue weighted by Gasteiger charge is -2.32. The molecule has 136 valence electrons. The van der Waals surface area contributed by atoms with Crippen molar-refractivity contribution in [1.29, 1.82) is 0 Å². The van der Waals surface area contributed by atoms with Crippen molar-refractivity contribution in [3.05, 3.63) is 29.3 Å². The monoisotopic (exact) mass is 347 g/mol. The summed E-state index contributed by atoms with van der Waals surface area (Å²) in [5.41, 5.74) is 2.16. The number of carbonyl (C=O) groups is 1. The number of anilines is 1. The van der Waals surface area contributed by atoms with Crippen LogP contribution in [0.3, 0.4) is 0 Å². The molecule has 0 spiro atoms. The molecule has 1 aliphatic rings. The van der Waals surface area contributed by atoms with Crippen molar-refractivity contribution >= 4 is 11.7 Å². The third-order valence-electron chi connectivity index (χ3n) is 4.25. The fourth-order valence-corrected chi connectivity index (χ4v) is 3.04. The second-order valence-electron chi connectivity index (χ2n) is 6.52. The number of hydrogen-bond acceptors (Lipinski definition) is 6. The van der Waals surface area contributed by atoms with E-state index in [1.165, 1.54) is 0 Å². The molecule has 1 fully saturated rings. The maximum Gasteiger partial charge on any atom is 0.226 e. The van der Waals surface area contributed by atoms with E-state index in [1.54, 1.807) is 13.0 Å². The molecule has 3 rings (SSSR count). The Morgan fingerprint density at radius 2 is 2.20 bits per heavy atom. The SMILES string of the molecule is Cc1cc(C)n(C[C@@H]2CN(CCC(=O)Nc3cc(C)on3)CCO2)n1. The zero-order valence-corrected chi connectivity index (χ0v) is 15.0. The summed E-state index contributed by atoms with van der Waals surface area (Å²) in [7, 11) is 0. The molecule has 0 bridgehead atoms. The van der Waals surface area contributed by atoms with Crippen LogP contribution >= 0.6 is 0 Å². The number of amides is 1. The zero-order valence-electron chi connectivity index (χ0n) is 15.0. The van der Waals surface area contributed by atoms with Gasteiger partial charge < -0.3 is 14.6 Å². The van der Waals surface area contributed by atoms with Gasteiger partial charge in [0.2, 0.25) is 5.91 Å². The van der Waals surface area contributed by atoms with Crippen LogP contribution in [0, 0.1) is 20.8 Å². The van der Waals surface area contributed by atoms with Crippen LogP contribution in [-0.4, -0.2) is 58.1 Å². The summed E-state index contributed by atoms with van der Waals surface area (Å²) < 4.78 is 12.8. The zero-order chi connectivity index (χ0) is 17.8. The molecule has 25 heavy (non-hydrogen) atoms. The van der Waals surface area contributed by atoms with Crippen molar-refractivity contribution in [1.82, 2.24) is 19.8 Å². The lowest BCUT2D eigenvalue weighted by molar-refractivity contribution is -0.117. The van der Waals surface area contributed by atoms with E-state index in [-0.39, 0.29) is 12.0 Å². The van der Waals surface area contributed by atoms with Crippen molar-refractivity contribution in [2.45, 2.75) is 39.8 Å². The molecule has 0 unspecified atom stereocenters. The van der Waals surface area contributed by atoms with Gasteiger partial charge in [0, 0.05) is 37.8 Å². The average Bonchev–Trinajstić information content (AvgIpc) is 3.11. The van der Waals surface area contributed by atoms with Crippen LogP contribution in [-0.2, 0) is 16.1 Å². The molecule has 2 aromatic rings. The standard InChI is InChI=1S/C17H25N5O3/c1-12-8-13(2)22(19-12)11-15-10-21(6-7-24-15)5-4-17(23)18-16-9-14(3)25-20-16/h8-9,15H,4-7,10-11H2,1-3H3,(H,18,20,23)/t15-/m0/s1. The average molecular weight is 347 g/mol. The van der Waals surface area contributed by atoms with Crippen LogP contribution in [0.1, 0.15) is 23.6 Å². The van der Waals surface area contributed by atoms with Gasteiger partial charge in [-0.3, -0.25) is 14.4 Å². The molecule has 2 aromatic heterocycles. The second-order valence-corrected chi connectivity index (χ2v) is 6.52. The maximum atomic E-state index is 12.0. The van der Waals surface area contributed by atoms with Gasteiger partial charge in [0.1, 0.15) is 5.76 Å². The molecule has 8 nitrogen and oxygen atoms in total. The Balaban J connectivity index is 1.45. The lowest BCUT2D eigenvalue weighted by atomic mass is 10.2. The molecule has 0 aromatic carbocycles. The van der Waals surface area contributed by atoms with Gasteiger partial charge in [-0.15, -0.1) is 0 Å². The highest BCUT2D eigenvalue weighted by Gasteiger charge is 2.22. The Kier molecular flexibility index (Phi) is 5.50. The molecule has 1 saturated heterocycles. The van der Waals surface area contributed by atoms with Crippen LogP contribution in [0.15, 0.2) is 16.7 Å². The summed E-state index contributed by atoms with van der Waals surface area (Å²) in [6, 6.07) is 3.77. The number of ether oxygens (including phenoxy) is 1. The van der Waals surface area contributed by atoms with Gasteiger partial charge in [0.25, 0.3) is 0 Å². The Morgan fingerprint density at radius 1 is 1.36 bits per heavy atom. The molecule has 1 amide bonds. The van der Waals surface area contributed by atoms with Gasteiger partial charge in [0.15, 0.2) is 5.82 Å². The van der Waals surface area contributed by atoms with E-state index >= 15 is 0 Å². The van der Waals surface area contributed by atoms with Crippen molar-refractivity contribution in [2.75, 3.05) is 31.6 Å². The van der Waals surface area contributed by atoms with Crippen molar-refractivity contribution in [3.8, 4) is 0 Å².